The van der Waals surface area contributed by atoms with Gasteiger partial charge in [-0.2, -0.15) is 5.10 Å². The van der Waals surface area contributed by atoms with E-state index in [1.807, 2.05) is 12.1 Å². The van der Waals surface area contributed by atoms with Gasteiger partial charge in [-0.15, -0.1) is 37.2 Å². The minimum atomic E-state index is -4.03. The fraction of sp³-hybridized carbons (Fsp3) is 0.348. The lowest BCUT2D eigenvalue weighted by Gasteiger charge is -2.38. The molecule has 1 saturated heterocycles. The number of carbonyl (C=O) groups is 1. The lowest BCUT2D eigenvalue weighted by Crippen LogP contribution is -2.59. The van der Waals surface area contributed by atoms with Crippen LogP contribution in [0.1, 0.15) is 19.3 Å². The first-order valence-electron chi connectivity index (χ1n) is 10.9. The summed E-state index contributed by atoms with van der Waals surface area (Å²) in [5, 5.41) is 7.33. The number of piperidine rings is 1. The molecule has 37 heavy (non-hydrogen) atoms. The number of primary amides is 1. The van der Waals surface area contributed by atoms with Gasteiger partial charge in [0, 0.05) is 19.8 Å². The van der Waals surface area contributed by atoms with Crippen molar-refractivity contribution in [3.05, 3.63) is 61.2 Å². The second-order valence-corrected chi connectivity index (χ2v) is 10.4. The topological polar surface area (TPSA) is 138 Å². The number of ether oxygens (including phenoxy) is 2. The van der Waals surface area contributed by atoms with Crippen LogP contribution in [0.15, 0.2) is 66.1 Å². The van der Waals surface area contributed by atoms with E-state index in [-0.39, 0.29) is 61.0 Å². The molecule has 1 aliphatic heterocycles. The predicted octanol–water partition coefficient (Wildman–Crippen LogP) is 3.11. The van der Waals surface area contributed by atoms with Gasteiger partial charge in [-0.3, -0.25) is 4.79 Å². The van der Waals surface area contributed by atoms with E-state index in [0.29, 0.717) is 31.1 Å². The molecular weight excluding hydrogens is 565 g/mol. The van der Waals surface area contributed by atoms with Crippen LogP contribution >= 0.6 is 37.2 Å². The predicted molar refractivity (Wildman–Crippen MR) is 146 cm³/mol. The largest absolute Gasteiger partial charge is 0.457 e. The van der Waals surface area contributed by atoms with Crippen molar-refractivity contribution in [3.8, 4) is 17.2 Å². The van der Waals surface area contributed by atoms with Gasteiger partial charge >= 0.3 is 0 Å². The van der Waals surface area contributed by atoms with Crippen LogP contribution in [0.3, 0.4) is 0 Å². The SMILES string of the molecule is COCCC1CC(C(N)=O)(S(=O)(=O)c2ccc(Oc3ccc(-n4cncn4)cc3)cc2)CCN1.Cl.Cl.Cl. The number of aromatic nitrogens is 3. The first-order valence-corrected chi connectivity index (χ1v) is 12.3. The van der Waals surface area contributed by atoms with Crippen LogP contribution < -0.4 is 15.8 Å². The molecule has 2 heterocycles. The summed E-state index contributed by atoms with van der Waals surface area (Å²) < 4.78 is 38.1. The van der Waals surface area contributed by atoms with Crippen LogP contribution in [-0.4, -0.2) is 60.1 Å². The Morgan fingerprint density at radius 3 is 2.27 bits per heavy atom. The number of hydrogen-bond donors (Lipinski definition) is 2. The number of rotatable bonds is 9. The highest BCUT2D eigenvalue weighted by Crippen LogP contribution is 2.37. The van der Waals surface area contributed by atoms with Crippen LogP contribution in [0.5, 0.6) is 11.5 Å². The third kappa shape index (κ3) is 6.92. The standard InChI is InChI=1S/C23H27N5O5S.3ClH/c1-32-13-10-17-14-23(22(24)29,11-12-26-17)34(30,31)21-8-6-20(7-9-21)33-19-4-2-18(3-5-19)28-16-25-15-27-28;;;/h2-9,15-17,26H,10-14H2,1H3,(H2,24,29);3*1H. The van der Waals surface area contributed by atoms with E-state index >= 15 is 0 Å². The number of amides is 1. The first kappa shape index (κ1) is 32.6. The molecule has 3 N–H and O–H groups in total. The normalized spacial score (nSPS) is 19.0. The zero-order valence-electron chi connectivity index (χ0n) is 20.0. The van der Waals surface area contributed by atoms with Gasteiger partial charge in [0.05, 0.1) is 10.6 Å². The van der Waals surface area contributed by atoms with E-state index < -0.39 is 20.5 Å². The average Bonchev–Trinajstić information content (AvgIpc) is 3.38. The van der Waals surface area contributed by atoms with E-state index in [0.717, 1.165) is 5.69 Å². The molecule has 3 aromatic rings. The summed E-state index contributed by atoms with van der Waals surface area (Å²) >= 11 is 0. The van der Waals surface area contributed by atoms with E-state index in [4.69, 9.17) is 15.2 Å². The monoisotopic (exact) mass is 593 g/mol. The number of hydrogen-bond acceptors (Lipinski definition) is 8. The Hall–Kier alpha value is -2.41. The van der Waals surface area contributed by atoms with E-state index in [1.165, 1.54) is 18.5 Å². The van der Waals surface area contributed by atoms with Gasteiger partial charge in [-0.25, -0.2) is 18.1 Å². The fourth-order valence-corrected chi connectivity index (χ4v) is 6.17. The van der Waals surface area contributed by atoms with Gasteiger partial charge in [-0.05, 0) is 74.3 Å². The molecule has 204 valence electrons. The van der Waals surface area contributed by atoms with Gasteiger partial charge < -0.3 is 20.5 Å². The summed E-state index contributed by atoms with van der Waals surface area (Å²) in [4.78, 5) is 16.4. The molecule has 0 aliphatic carbocycles. The van der Waals surface area contributed by atoms with E-state index in [1.54, 1.807) is 42.4 Å². The molecule has 4 rings (SSSR count). The summed E-state index contributed by atoms with van der Waals surface area (Å²) in [5.74, 6) is 0.209. The van der Waals surface area contributed by atoms with Crippen LogP contribution in [0.2, 0.25) is 0 Å². The number of nitrogens with zero attached hydrogens (tertiary/aromatic N) is 3. The van der Waals surface area contributed by atoms with E-state index in [2.05, 4.69) is 15.4 Å². The van der Waals surface area contributed by atoms with E-state index in [9.17, 15) is 13.2 Å². The second-order valence-electron chi connectivity index (χ2n) is 8.16. The smallest absolute Gasteiger partial charge is 0.239 e. The van der Waals surface area contributed by atoms with Gasteiger partial charge in [0.15, 0.2) is 14.6 Å². The van der Waals surface area contributed by atoms with Crippen LogP contribution in [0.25, 0.3) is 5.69 Å². The summed E-state index contributed by atoms with van der Waals surface area (Å²) in [7, 11) is -2.45. The van der Waals surface area contributed by atoms with Gasteiger partial charge in [0.2, 0.25) is 5.91 Å². The molecule has 10 nitrogen and oxygen atoms in total. The molecular formula is C23H30Cl3N5O5S. The zero-order valence-corrected chi connectivity index (χ0v) is 23.2. The molecule has 1 aliphatic rings. The van der Waals surface area contributed by atoms with Gasteiger partial charge in [0.25, 0.3) is 0 Å². The quantitative estimate of drug-likeness (QED) is 0.385. The van der Waals surface area contributed by atoms with Crippen molar-refractivity contribution < 1.29 is 22.7 Å². The molecule has 1 fully saturated rings. The molecule has 1 amide bonds. The zero-order chi connectivity index (χ0) is 24.2. The van der Waals surface area contributed by atoms with Crippen molar-refractivity contribution in [2.75, 3.05) is 20.3 Å². The van der Waals surface area contributed by atoms with Gasteiger partial charge in [-0.1, -0.05) is 0 Å². The van der Waals surface area contributed by atoms with Crippen LogP contribution in [0, 0.1) is 0 Å². The van der Waals surface area contributed by atoms with Crippen LogP contribution in [-0.2, 0) is 19.4 Å². The van der Waals surface area contributed by atoms with Crippen molar-refractivity contribution in [1.29, 1.82) is 0 Å². The highest BCUT2D eigenvalue weighted by Gasteiger charge is 2.52. The molecule has 2 atom stereocenters. The van der Waals surface area contributed by atoms with Crippen LogP contribution in [0.4, 0.5) is 0 Å². The Labute approximate surface area is 234 Å². The summed E-state index contributed by atoms with van der Waals surface area (Å²) in [5.41, 5.74) is 6.51. The molecule has 0 saturated carbocycles. The lowest BCUT2D eigenvalue weighted by atomic mass is 9.89. The maximum Gasteiger partial charge on any atom is 0.239 e. The Morgan fingerprint density at radius 2 is 1.73 bits per heavy atom. The Bertz CT molecular complexity index is 1230. The number of halogens is 3. The average molecular weight is 595 g/mol. The molecule has 2 unspecified atom stereocenters. The maximum atomic E-state index is 13.6. The Kier molecular flexibility index (Phi) is 12.3. The minimum absolute atomic E-state index is 0. The number of nitrogens with two attached hydrogens (primary N) is 1. The number of benzene rings is 2. The second kappa shape index (κ2) is 13.9. The molecule has 0 spiro atoms. The van der Waals surface area contributed by atoms with Crippen molar-refractivity contribution in [2.45, 2.75) is 34.9 Å². The molecule has 1 aromatic heterocycles. The summed E-state index contributed by atoms with van der Waals surface area (Å²) in [6, 6.07) is 13.1. The minimum Gasteiger partial charge on any atom is -0.457 e. The molecule has 14 heteroatoms. The number of nitrogens with one attached hydrogen (secondary N) is 1. The highest BCUT2D eigenvalue weighted by atomic mass is 35.5. The van der Waals surface area contributed by atoms with Gasteiger partial charge in [0.1, 0.15) is 24.2 Å². The number of sulfone groups is 1. The third-order valence-electron chi connectivity index (χ3n) is 6.06. The van der Waals surface area contributed by atoms with Crippen molar-refractivity contribution in [3.63, 3.8) is 0 Å². The summed E-state index contributed by atoms with van der Waals surface area (Å²) in [6.45, 7) is 0.834. The highest BCUT2D eigenvalue weighted by molar-refractivity contribution is 7.93. The Morgan fingerprint density at radius 1 is 1.11 bits per heavy atom. The lowest BCUT2D eigenvalue weighted by molar-refractivity contribution is -0.121. The first-order chi connectivity index (χ1) is 16.4. The van der Waals surface area contributed by atoms with Crippen molar-refractivity contribution in [2.24, 2.45) is 5.73 Å². The van der Waals surface area contributed by atoms with Crippen molar-refractivity contribution >= 4 is 53.0 Å². The number of methoxy groups -OCH3 is 1. The van der Waals surface area contributed by atoms with Crippen molar-refractivity contribution in [1.82, 2.24) is 20.1 Å². The maximum absolute atomic E-state index is 13.6. The third-order valence-corrected chi connectivity index (χ3v) is 8.56. The molecule has 2 aromatic carbocycles. The molecule has 0 radical (unpaired) electrons. The molecule has 0 bridgehead atoms. The summed E-state index contributed by atoms with van der Waals surface area (Å²) in [6.07, 6.45) is 3.85. The Balaban J connectivity index is 0.00000228. The number of carbonyl (C=O) groups excluding carboxylic acids is 1. The fourth-order valence-electron chi connectivity index (χ4n) is 4.17.